The van der Waals surface area contributed by atoms with E-state index in [1.54, 1.807) is 0 Å². The summed E-state index contributed by atoms with van der Waals surface area (Å²) >= 11 is 1.49. The first-order valence-corrected chi connectivity index (χ1v) is 7.20. The molecule has 3 N–H and O–H groups in total. The van der Waals surface area contributed by atoms with Crippen molar-refractivity contribution in [3.8, 4) is 0 Å². The average Bonchev–Trinajstić information content (AvgIpc) is 3.01. The first-order valence-electron chi connectivity index (χ1n) is 6.32. The molecule has 0 bridgehead atoms. The van der Waals surface area contributed by atoms with Crippen LogP contribution in [-0.2, 0) is 4.74 Å². The molecular formula is C11H18N2O4S. The van der Waals surface area contributed by atoms with Crippen molar-refractivity contribution in [3.63, 3.8) is 0 Å². The monoisotopic (exact) mass is 274 g/mol. The topological polar surface area (TPSA) is 85.5 Å². The molecule has 0 radical (unpaired) electrons. The lowest BCUT2D eigenvalue weighted by Gasteiger charge is -2.37. The molecule has 0 unspecified atom stereocenters. The molecule has 3 heterocycles. The van der Waals surface area contributed by atoms with Gasteiger partial charge in [-0.05, 0) is 12.8 Å². The minimum Gasteiger partial charge on any atom is -0.394 e. The number of aliphatic hydroxyl groups excluding tert-OH is 3. The SMILES string of the molecule is OC[C@H]1O[C@@H]2SC(N3CCCC3)=N[C@@H]2[C@@H](O)[C@H]1O. The predicted octanol–water partition coefficient (Wildman–Crippen LogP) is -1.01. The number of fused-ring (bicyclic) bond motifs is 1. The molecule has 0 amide bonds. The largest absolute Gasteiger partial charge is 0.394 e. The Labute approximate surface area is 110 Å². The van der Waals surface area contributed by atoms with Crippen molar-refractivity contribution < 1.29 is 20.1 Å². The number of thioether (sulfide) groups is 1. The molecule has 3 aliphatic heterocycles. The first kappa shape index (κ1) is 12.7. The average molecular weight is 274 g/mol. The summed E-state index contributed by atoms with van der Waals surface area (Å²) in [7, 11) is 0. The van der Waals surface area contributed by atoms with E-state index in [1.807, 2.05) is 0 Å². The molecule has 0 aliphatic carbocycles. The smallest absolute Gasteiger partial charge is 0.162 e. The fourth-order valence-electron chi connectivity index (χ4n) is 2.63. The zero-order valence-electron chi connectivity index (χ0n) is 9.97. The third-order valence-corrected chi connectivity index (χ3v) is 4.90. The molecule has 0 saturated carbocycles. The van der Waals surface area contributed by atoms with Crippen molar-refractivity contribution in [2.24, 2.45) is 4.99 Å². The van der Waals surface area contributed by atoms with E-state index in [1.165, 1.54) is 24.6 Å². The zero-order valence-corrected chi connectivity index (χ0v) is 10.8. The lowest BCUT2D eigenvalue weighted by molar-refractivity contribution is -0.164. The van der Waals surface area contributed by atoms with Crippen LogP contribution in [0.3, 0.4) is 0 Å². The Morgan fingerprint density at radius 1 is 1.28 bits per heavy atom. The fraction of sp³-hybridized carbons (Fsp3) is 0.909. The predicted molar refractivity (Wildman–Crippen MR) is 67.4 cm³/mol. The van der Waals surface area contributed by atoms with Crippen LogP contribution in [-0.4, -0.2) is 74.9 Å². The number of hydrogen-bond donors (Lipinski definition) is 3. The van der Waals surface area contributed by atoms with Crippen LogP contribution in [0.4, 0.5) is 0 Å². The summed E-state index contributed by atoms with van der Waals surface area (Å²) < 4.78 is 5.59. The van der Waals surface area contributed by atoms with E-state index >= 15 is 0 Å². The molecule has 5 atom stereocenters. The van der Waals surface area contributed by atoms with Crippen LogP contribution in [0.1, 0.15) is 12.8 Å². The van der Waals surface area contributed by atoms with Crippen molar-refractivity contribution in [2.45, 2.75) is 42.6 Å². The van der Waals surface area contributed by atoms with Crippen molar-refractivity contribution in [1.29, 1.82) is 0 Å². The normalized spacial score (nSPS) is 44.1. The molecule has 3 rings (SSSR count). The second-order valence-corrected chi connectivity index (χ2v) is 5.99. The summed E-state index contributed by atoms with van der Waals surface area (Å²) in [5.74, 6) is 0. The summed E-state index contributed by atoms with van der Waals surface area (Å²) in [6.45, 7) is 1.70. The van der Waals surface area contributed by atoms with Crippen LogP contribution in [0.15, 0.2) is 4.99 Å². The molecule has 2 fully saturated rings. The maximum atomic E-state index is 10.0. The number of aliphatic imine (C=N–C) groups is 1. The number of likely N-dealkylation sites (tertiary alicyclic amines) is 1. The van der Waals surface area contributed by atoms with Crippen LogP contribution in [0, 0.1) is 0 Å². The number of amidine groups is 1. The van der Waals surface area contributed by atoms with Gasteiger partial charge in [-0.1, -0.05) is 11.8 Å². The van der Waals surface area contributed by atoms with Gasteiger partial charge in [0.05, 0.1) is 6.61 Å². The second kappa shape index (κ2) is 4.97. The Morgan fingerprint density at radius 3 is 2.67 bits per heavy atom. The van der Waals surface area contributed by atoms with Crippen molar-refractivity contribution in [3.05, 3.63) is 0 Å². The van der Waals surface area contributed by atoms with Gasteiger partial charge in [0.1, 0.15) is 29.8 Å². The molecule has 0 aromatic heterocycles. The first-order chi connectivity index (χ1) is 8.70. The van der Waals surface area contributed by atoms with Gasteiger partial charge in [-0.25, -0.2) is 0 Å². The van der Waals surface area contributed by atoms with E-state index < -0.39 is 24.4 Å². The Balaban J connectivity index is 1.74. The minimum atomic E-state index is -1.07. The molecule has 2 saturated heterocycles. The molecule has 6 nitrogen and oxygen atoms in total. The van der Waals surface area contributed by atoms with Crippen LogP contribution < -0.4 is 0 Å². The van der Waals surface area contributed by atoms with Gasteiger partial charge in [-0.2, -0.15) is 0 Å². The van der Waals surface area contributed by atoms with E-state index in [-0.39, 0.29) is 12.0 Å². The maximum absolute atomic E-state index is 10.0. The molecule has 102 valence electrons. The van der Waals surface area contributed by atoms with Crippen LogP contribution >= 0.6 is 11.8 Å². The van der Waals surface area contributed by atoms with Gasteiger partial charge in [0.2, 0.25) is 0 Å². The highest BCUT2D eigenvalue weighted by Crippen LogP contribution is 2.37. The summed E-state index contributed by atoms with van der Waals surface area (Å²) in [5, 5.41) is 29.9. The van der Waals surface area contributed by atoms with Gasteiger partial charge in [-0.3, -0.25) is 4.99 Å². The molecule has 0 aromatic carbocycles. The second-order valence-electron chi connectivity index (χ2n) is 4.92. The molecule has 0 aromatic rings. The third kappa shape index (κ3) is 2.04. The minimum absolute atomic E-state index is 0.291. The van der Waals surface area contributed by atoms with E-state index in [2.05, 4.69) is 9.89 Å². The number of rotatable bonds is 1. The van der Waals surface area contributed by atoms with Gasteiger partial charge >= 0.3 is 0 Å². The van der Waals surface area contributed by atoms with Gasteiger partial charge < -0.3 is 25.0 Å². The quantitative estimate of drug-likeness (QED) is 0.568. The highest BCUT2D eigenvalue weighted by atomic mass is 32.2. The van der Waals surface area contributed by atoms with Crippen molar-refractivity contribution in [1.82, 2.24) is 4.90 Å². The number of aliphatic hydroxyl groups is 3. The lowest BCUT2D eigenvalue weighted by atomic mass is 9.99. The Morgan fingerprint density at radius 2 is 2.00 bits per heavy atom. The Hall–Kier alpha value is -0.340. The molecule has 7 heteroatoms. The highest BCUT2D eigenvalue weighted by molar-refractivity contribution is 8.14. The van der Waals surface area contributed by atoms with Gasteiger partial charge in [-0.15, -0.1) is 0 Å². The van der Waals surface area contributed by atoms with Crippen LogP contribution in [0.25, 0.3) is 0 Å². The van der Waals surface area contributed by atoms with Crippen LogP contribution in [0.2, 0.25) is 0 Å². The standard InChI is InChI=1S/C11H18N2O4S/c14-5-6-8(15)9(16)7-10(17-6)18-11(12-7)13-3-1-2-4-13/h6-10,14-16H,1-5H2/t6-,7-,8+,9-,10-/m1/s1. The molecule has 0 spiro atoms. The molecule has 3 aliphatic rings. The number of nitrogens with zero attached hydrogens (tertiary/aromatic N) is 2. The van der Waals surface area contributed by atoms with Gasteiger partial charge in [0.25, 0.3) is 0 Å². The number of hydrogen-bond acceptors (Lipinski definition) is 7. The summed E-state index contributed by atoms with van der Waals surface area (Å²) in [5.41, 5.74) is -0.295. The fourth-order valence-corrected chi connectivity index (χ4v) is 3.91. The van der Waals surface area contributed by atoms with E-state index in [9.17, 15) is 10.2 Å². The maximum Gasteiger partial charge on any atom is 0.162 e. The lowest BCUT2D eigenvalue weighted by Crippen LogP contribution is -2.55. The zero-order chi connectivity index (χ0) is 12.7. The van der Waals surface area contributed by atoms with Crippen molar-refractivity contribution >= 4 is 16.9 Å². The summed E-state index contributed by atoms with van der Waals surface area (Å²) in [6, 6.07) is -0.427. The summed E-state index contributed by atoms with van der Waals surface area (Å²) in [4.78, 5) is 6.67. The van der Waals surface area contributed by atoms with Gasteiger partial charge in [0.15, 0.2) is 5.17 Å². The molecular weight excluding hydrogens is 256 g/mol. The Bertz CT molecular complexity index is 348. The van der Waals surface area contributed by atoms with E-state index in [0.29, 0.717) is 0 Å². The Kier molecular flexibility index (Phi) is 3.50. The van der Waals surface area contributed by atoms with E-state index in [4.69, 9.17) is 9.84 Å². The van der Waals surface area contributed by atoms with Gasteiger partial charge in [0, 0.05) is 13.1 Å². The highest BCUT2D eigenvalue weighted by Gasteiger charge is 2.48. The van der Waals surface area contributed by atoms with Crippen molar-refractivity contribution in [2.75, 3.05) is 19.7 Å². The van der Waals surface area contributed by atoms with E-state index in [0.717, 1.165) is 18.3 Å². The van der Waals surface area contributed by atoms with Crippen LogP contribution in [0.5, 0.6) is 0 Å². The third-order valence-electron chi connectivity index (χ3n) is 3.71. The summed E-state index contributed by atoms with van der Waals surface area (Å²) in [6.07, 6.45) is -0.422. The molecule has 18 heavy (non-hydrogen) atoms. The number of ether oxygens (including phenoxy) is 1.